The second-order valence-electron chi connectivity index (χ2n) is 5.70. The fourth-order valence-electron chi connectivity index (χ4n) is 2.79. The van der Waals surface area contributed by atoms with E-state index in [4.69, 9.17) is 9.47 Å². The number of aromatic nitrogens is 2. The number of nitrogens with one attached hydrogen (secondary N) is 1. The van der Waals surface area contributed by atoms with Gasteiger partial charge in [0.05, 0.1) is 18.9 Å². The predicted octanol–water partition coefficient (Wildman–Crippen LogP) is 3.79. The van der Waals surface area contributed by atoms with Crippen LogP contribution in [0.1, 0.15) is 22.8 Å². The largest absolute Gasteiger partial charge is 0.493 e. The van der Waals surface area contributed by atoms with Crippen LogP contribution in [0.4, 0.5) is 5.13 Å². The quantitative estimate of drug-likeness (QED) is 0.743. The van der Waals surface area contributed by atoms with Gasteiger partial charge in [-0.3, -0.25) is 10.1 Å². The summed E-state index contributed by atoms with van der Waals surface area (Å²) >= 11 is 1.38. The summed E-state index contributed by atoms with van der Waals surface area (Å²) in [6, 6.07) is 9.44. The van der Waals surface area contributed by atoms with Crippen LogP contribution >= 0.6 is 11.3 Å². The van der Waals surface area contributed by atoms with Gasteiger partial charge in [-0.2, -0.15) is 0 Å². The number of anilines is 1. The van der Waals surface area contributed by atoms with Gasteiger partial charge in [0.2, 0.25) is 5.88 Å². The second kappa shape index (κ2) is 7.13. The Labute approximate surface area is 154 Å². The zero-order chi connectivity index (χ0) is 17.9. The standard InChI is InChI=1S/C19H17N3O3S/c1-2-24-18-14(4-3-8-20-18)17(23)22-19-21-15(11-26-19)12-5-6-16-13(10-12)7-9-25-16/h3-6,8,10-11H,2,7,9H2,1H3,(H,21,22,23). The van der Waals surface area contributed by atoms with Gasteiger partial charge in [0, 0.05) is 23.6 Å². The van der Waals surface area contributed by atoms with E-state index in [2.05, 4.69) is 21.4 Å². The van der Waals surface area contributed by atoms with Crippen molar-refractivity contribution >= 4 is 22.4 Å². The minimum atomic E-state index is -0.287. The van der Waals surface area contributed by atoms with Crippen LogP contribution in [0.3, 0.4) is 0 Å². The van der Waals surface area contributed by atoms with Gasteiger partial charge in [0.1, 0.15) is 11.3 Å². The number of fused-ring (bicyclic) bond motifs is 1. The number of rotatable bonds is 5. The molecule has 0 spiro atoms. The average Bonchev–Trinajstić information content (AvgIpc) is 3.31. The number of carbonyl (C=O) groups is 1. The lowest BCUT2D eigenvalue weighted by Crippen LogP contribution is -2.14. The highest BCUT2D eigenvalue weighted by Crippen LogP contribution is 2.32. The van der Waals surface area contributed by atoms with Crippen LogP contribution in [-0.2, 0) is 6.42 Å². The molecule has 4 rings (SSSR count). The van der Waals surface area contributed by atoms with Gasteiger partial charge in [-0.15, -0.1) is 11.3 Å². The molecule has 0 saturated heterocycles. The topological polar surface area (TPSA) is 73.3 Å². The summed E-state index contributed by atoms with van der Waals surface area (Å²) in [7, 11) is 0. The lowest BCUT2D eigenvalue weighted by molar-refractivity contribution is 0.102. The Morgan fingerprint density at radius 3 is 3.19 bits per heavy atom. The predicted molar refractivity (Wildman–Crippen MR) is 100 cm³/mol. The minimum absolute atomic E-state index is 0.287. The van der Waals surface area contributed by atoms with Crippen LogP contribution < -0.4 is 14.8 Å². The van der Waals surface area contributed by atoms with Crippen molar-refractivity contribution in [2.45, 2.75) is 13.3 Å². The van der Waals surface area contributed by atoms with Crippen LogP contribution in [0.2, 0.25) is 0 Å². The normalized spacial score (nSPS) is 12.3. The van der Waals surface area contributed by atoms with Crippen molar-refractivity contribution in [1.29, 1.82) is 0 Å². The number of pyridine rings is 1. The zero-order valence-electron chi connectivity index (χ0n) is 14.2. The second-order valence-corrected chi connectivity index (χ2v) is 6.56. The van der Waals surface area contributed by atoms with E-state index in [1.807, 2.05) is 24.4 Å². The molecule has 3 heterocycles. The van der Waals surface area contributed by atoms with Crippen molar-refractivity contribution in [3.63, 3.8) is 0 Å². The molecule has 1 N–H and O–H groups in total. The van der Waals surface area contributed by atoms with E-state index in [0.717, 1.165) is 30.0 Å². The number of carbonyl (C=O) groups excluding carboxylic acids is 1. The maximum Gasteiger partial charge on any atom is 0.262 e. The Bertz CT molecular complexity index is 955. The molecule has 1 amide bonds. The van der Waals surface area contributed by atoms with E-state index in [9.17, 15) is 4.79 Å². The Kier molecular flexibility index (Phi) is 4.53. The van der Waals surface area contributed by atoms with Crippen molar-refractivity contribution in [2.75, 3.05) is 18.5 Å². The Hall–Kier alpha value is -2.93. The smallest absolute Gasteiger partial charge is 0.262 e. The van der Waals surface area contributed by atoms with E-state index >= 15 is 0 Å². The average molecular weight is 367 g/mol. The lowest BCUT2D eigenvalue weighted by Gasteiger charge is -2.07. The first-order valence-electron chi connectivity index (χ1n) is 8.35. The molecular weight excluding hydrogens is 350 g/mol. The van der Waals surface area contributed by atoms with Gasteiger partial charge < -0.3 is 9.47 Å². The third-order valence-electron chi connectivity index (χ3n) is 4.01. The maximum atomic E-state index is 12.5. The molecule has 0 unspecified atom stereocenters. The molecule has 1 aliphatic heterocycles. The molecule has 2 aromatic heterocycles. The minimum Gasteiger partial charge on any atom is -0.493 e. The first-order chi connectivity index (χ1) is 12.7. The summed E-state index contributed by atoms with van der Waals surface area (Å²) in [4.78, 5) is 21.2. The van der Waals surface area contributed by atoms with Crippen molar-refractivity contribution in [3.8, 4) is 22.9 Å². The van der Waals surface area contributed by atoms with Crippen LogP contribution in [0.5, 0.6) is 11.6 Å². The molecule has 1 aliphatic rings. The molecule has 132 valence electrons. The van der Waals surface area contributed by atoms with Gasteiger partial charge in [-0.1, -0.05) is 0 Å². The molecule has 0 radical (unpaired) electrons. The van der Waals surface area contributed by atoms with Crippen LogP contribution in [-0.4, -0.2) is 29.1 Å². The third kappa shape index (κ3) is 3.25. The molecule has 0 fully saturated rings. The molecule has 7 heteroatoms. The molecule has 6 nitrogen and oxygen atoms in total. The fraction of sp³-hybridized carbons (Fsp3) is 0.211. The SMILES string of the molecule is CCOc1ncccc1C(=O)Nc1nc(-c2ccc3c(c2)CCO3)cs1. The van der Waals surface area contributed by atoms with E-state index in [-0.39, 0.29) is 5.91 Å². The molecule has 3 aromatic rings. The van der Waals surface area contributed by atoms with E-state index in [1.165, 1.54) is 16.9 Å². The third-order valence-corrected chi connectivity index (χ3v) is 4.76. The number of nitrogens with zero attached hydrogens (tertiary/aromatic N) is 2. The number of thiazole rings is 1. The number of hydrogen-bond donors (Lipinski definition) is 1. The molecule has 1 aromatic carbocycles. The van der Waals surface area contributed by atoms with Gasteiger partial charge in [-0.25, -0.2) is 9.97 Å². The number of ether oxygens (including phenoxy) is 2. The van der Waals surface area contributed by atoms with Gasteiger partial charge in [-0.05, 0) is 42.8 Å². The zero-order valence-corrected chi connectivity index (χ0v) is 15.0. The highest BCUT2D eigenvalue weighted by Gasteiger charge is 2.17. The summed E-state index contributed by atoms with van der Waals surface area (Å²) < 4.78 is 10.9. The van der Waals surface area contributed by atoms with E-state index in [0.29, 0.717) is 23.2 Å². The molecule has 0 bridgehead atoms. The van der Waals surface area contributed by atoms with E-state index < -0.39 is 0 Å². The van der Waals surface area contributed by atoms with Gasteiger partial charge in [0.25, 0.3) is 5.91 Å². The molecular formula is C19H17N3O3S. The van der Waals surface area contributed by atoms with Crippen LogP contribution in [0.25, 0.3) is 11.3 Å². The van der Waals surface area contributed by atoms with Crippen molar-refractivity contribution in [1.82, 2.24) is 9.97 Å². The fourth-order valence-corrected chi connectivity index (χ4v) is 3.50. The summed E-state index contributed by atoms with van der Waals surface area (Å²) in [5.74, 6) is 0.977. The summed E-state index contributed by atoms with van der Waals surface area (Å²) in [5, 5.41) is 5.29. The highest BCUT2D eigenvalue weighted by atomic mass is 32.1. The first-order valence-corrected chi connectivity index (χ1v) is 9.23. The van der Waals surface area contributed by atoms with Crippen molar-refractivity contribution in [3.05, 3.63) is 53.0 Å². The van der Waals surface area contributed by atoms with E-state index in [1.54, 1.807) is 18.3 Å². The van der Waals surface area contributed by atoms with Crippen molar-refractivity contribution < 1.29 is 14.3 Å². The first kappa shape index (κ1) is 16.5. The molecule has 0 atom stereocenters. The number of benzene rings is 1. The molecule has 26 heavy (non-hydrogen) atoms. The highest BCUT2D eigenvalue weighted by molar-refractivity contribution is 7.14. The Morgan fingerprint density at radius 1 is 1.38 bits per heavy atom. The summed E-state index contributed by atoms with van der Waals surface area (Å²) in [6.07, 6.45) is 2.51. The summed E-state index contributed by atoms with van der Waals surface area (Å²) in [6.45, 7) is 3.02. The van der Waals surface area contributed by atoms with Crippen molar-refractivity contribution in [2.24, 2.45) is 0 Å². The van der Waals surface area contributed by atoms with Gasteiger partial charge >= 0.3 is 0 Å². The lowest BCUT2D eigenvalue weighted by atomic mass is 10.1. The van der Waals surface area contributed by atoms with Crippen LogP contribution in [0, 0.1) is 0 Å². The van der Waals surface area contributed by atoms with Gasteiger partial charge in [0.15, 0.2) is 5.13 Å². The monoisotopic (exact) mass is 367 g/mol. The molecule has 0 saturated carbocycles. The number of hydrogen-bond acceptors (Lipinski definition) is 6. The maximum absolute atomic E-state index is 12.5. The Balaban J connectivity index is 1.53. The summed E-state index contributed by atoms with van der Waals surface area (Å²) in [5.41, 5.74) is 3.43. The van der Waals surface area contributed by atoms with Crippen LogP contribution in [0.15, 0.2) is 41.9 Å². The Morgan fingerprint density at radius 2 is 2.31 bits per heavy atom. The molecule has 0 aliphatic carbocycles. The number of amides is 1.